The van der Waals surface area contributed by atoms with E-state index in [9.17, 15) is 13.2 Å². The van der Waals surface area contributed by atoms with Crippen LogP contribution in [0.3, 0.4) is 0 Å². The van der Waals surface area contributed by atoms with E-state index in [1.54, 1.807) is 43.5 Å². The van der Waals surface area contributed by atoms with E-state index < -0.39 is 11.7 Å². The maximum Gasteiger partial charge on any atom is 0.421 e. The Hall–Kier alpha value is -3.29. The zero-order valence-corrected chi connectivity index (χ0v) is 15.3. The first-order chi connectivity index (χ1) is 13.4. The van der Waals surface area contributed by atoms with E-state index in [-0.39, 0.29) is 11.8 Å². The lowest BCUT2D eigenvalue weighted by Crippen LogP contribution is -2.12. The number of benzene rings is 2. The average molecular weight is 388 g/mol. The minimum atomic E-state index is -4.58. The van der Waals surface area contributed by atoms with Crippen LogP contribution in [0.5, 0.6) is 5.75 Å². The third-order valence-corrected chi connectivity index (χ3v) is 4.07. The summed E-state index contributed by atoms with van der Waals surface area (Å²) in [5, 5.41) is 5.64. The lowest BCUT2D eigenvalue weighted by Gasteiger charge is -2.15. The van der Waals surface area contributed by atoms with Crippen LogP contribution >= 0.6 is 0 Å². The number of methoxy groups -OCH3 is 1. The smallest absolute Gasteiger partial charge is 0.421 e. The van der Waals surface area contributed by atoms with Gasteiger partial charge >= 0.3 is 6.18 Å². The van der Waals surface area contributed by atoms with Gasteiger partial charge in [-0.2, -0.15) is 18.2 Å². The van der Waals surface area contributed by atoms with Crippen LogP contribution in [0.4, 0.5) is 36.3 Å². The standard InChI is InChI=1S/C20H19F3N4O/c1-3-13-4-6-14(7-5-13)25-18-17(20(21,22)23)12-24-19(27-18)26-15-8-10-16(28-2)11-9-15/h4-12H,3H2,1-2H3,(H2,24,25,26,27). The van der Waals surface area contributed by atoms with Crippen molar-refractivity contribution < 1.29 is 17.9 Å². The van der Waals surface area contributed by atoms with Gasteiger partial charge in [-0.15, -0.1) is 0 Å². The Morgan fingerprint density at radius 2 is 1.54 bits per heavy atom. The number of nitrogens with one attached hydrogen (secondary N) is 2. The second-order valence-electron chi connectivity index (χ2n) is 5.98. The highest BCUT2D eigenvalue weighted by Gasteiger charge is 2.35. The van der Waals surface area contributed by atoms with Gasteiger partial charge in [0.2, 0.25) is 5.95 Å². The molecule has 0 aliphatic rings. The Bertz CT molecular complexity index is 926. The highest BCUT2D eigenvalue weighted by Crippen LogP contribution is 2.35. The monoisotopic (exact) mass is 388 g/mol. The molecular weight excluding hydrogens is 369 g/mol. The number of hydrogen-bond donors (Lipinski definition) is 2. The molecule has 0 amide bonds. The molecule has 0 atom stereocenters. The number of alkyl halides is 3. The molecule has 2 aromatic carbocycles. The molecule has 3 aromatic rings. The van der Waals surface area contributed by atoms with Gasteiger partial charge in [-0.1, -0.05) is 19.1 Å². The van der Waals surface area contributed by atoms with Crippen LogP contribution in [-0.4, -0.2) is 17.1 Å². The first-order valence-corrected chi connectivity index (χ1v) is 8.60. The third kappa shape index (κ3) is 4.70. The van der Waals surface area contributed by atoms with Crippen LogP contribution in [0.1, 0.15) is 18.1 Å². The molecule has 0 bridgehead atoms. The fourth-order valence-electron chi connectivity index (χ4n) is 2.51. The van der Waals surface area contributed by atoms with Crippen molar-refractivity contribution in [2.75, 3.05) is 17.7 Å². The first kappa shape index (κ1) is 19.5. The predicted octanol–water partition coefficient (Wildman–Crippen LogP) is 5.55. The number of aryl methyl sites for hydroxylation is 1. The molecule has 1 heterocycles. The van der Waals surface area contributed by atoms with Gasteiger partial charge in [0.1, 0.15) is 17.1 Å². The topological polar surface area (TPSA) is 59.1 Å². The van der Waals surface area contributed by atoms with Gasteiger partial charge in [-0.3, -0.25) is 0 Å². The van der Waals surface area contributed by atoms with Crippen LogP contribution in [0.15, 0.2) is 54.7 Å². The van der Waals surface area contributed by atoms with Crippen molar-refractivity contribution in [1.82, 2.24) is 9.97 Å². The van der Waals surface area contributed by atoms with Gasteiger partial charge in [0.15, 0.2) is 0 Å². The lowest BCUT2D eigenvalue weighted by molar-refractivity contribution is -0.137. The molecule has 28 heavy (non-hydrogen) atoms. The quantitative estimate of drug-likeness (QED) is 0.579. The van der Waals surface area contributed by atoms with Gasteiger partial charge in [0.25, 0.3) is 0 Å². The van der Waals surface area contributed by atoms with Crippen molar-refractivity contribution >= 4 is 23.1 Å². The van der Waals surface area contributed by atoms with E-state index in [4.69, 9.17) is 4.74 Å². The number of hydrogen-bond acceptors (Lipinski definition) is 5. The summed E-state index contributed by atoms with van der Waals surface area (Å²) in [4.78, 5) is 7.83. The average Bonchev–Trinajstić information content (AvgIpc) is 2.68. The SMILES string of the molecule is CCc1ccc(Nc2nc(Nc3ccc(OC)cc3)ncc2C(F)(F)F)cc1. The van der Waals surface area contributed by atoms with Gasteiger partial charge in [0, 0.05) is 17.6 Å². The molecule has 0 spiro atoms. The molecule has 0 unspecified atom stereocenters. The van der Waals surface area contributed by atoms with Gasteiger partial charge in [0.05, 0.1) is 7.11 Å². The minimum absolute atomic E-state index is 0.0471. The number of aromatic nitrogens is 2. The van der Waals surface area contributed by atoms with Crippen molar-refractivity contribution in [3.8, 4) is 5.75 Å². The molecule has 0 saturated carbocycles. The maximum absolute atomic E-state index is 13.4. The third-order valence-electron chi connectivity index (χ3n) is 4.07. The number of ether oxygens (including phenoxy) is 1. The first-order valence-electron chi connectivity index (χ1n) is 8.60. The maximum atomic E-state index is 13.4. The van der Waals surface area contributed by atoms with Crippen LogP contribution in [0.2, 0.25) is 0 Å². The summed E-state index contributed by atoms with van der Waals surface area (Å²) < 4.78 is 45.2. The summed E-state index contributed by atoms with van der Waals surface area (Å²) in [6.07, 6.45) is -2.97. The van der Waals surface area contributed by atoms with Crippen molar-refractivity contribution in [1.29, 1.82) is 0 Å². The largest absolute Gasteiger partial charge is 0.497 e. The number of anilines is 4. The number of nitrogens with zero attached hydrogens (tertiary/aromatic N) is 2. The van der Waals surface area contributed by atoms with E-state index in [0.717, 1.165) is 18.2 Å². The minimum Gasteiger partial charge on any atom is -0.497 e. The molecule has 146 valence electrons. The zero-order valence-electron chi connectivity index (χ0n) is 15.3. The Morgan fingerprint density at radius 1 is 0.929 bits per heavy atom. The van der Waals surface area contributed by atoms with E-state index in [1.807, 2.05) is 19.1 Å². The van der Waals surface area contributed by atoms with E-state index in [0.29, 0.717) is 17.1 Å². The molecule has 0 radical (unpaired) electrons. The van der Waals surface area contributed by atoms with E-state index in [2.05, 4.69) is 20.6 Å². The van der Waals surface area contributed by atoms with Gasteiger partial charge < -0.3 is 15.4 Å². The highest BCUT2D eigenvalue weighted by atomic mass is 19.4. The molecule has 1 aromatic heterocycles. The molecule has 0 aliphatic carbocycles. The summed E-state index contributed by atoms with van der Waals surface area (Å²) >= 11 is 0. The Balaban J connectivity index is 1.89. The van der Waals surface area contributed by atoms with Crippen LogP contribution in [0, 0.1) is 0 Å². The second kappa shape index (κ2) is 8.16. The molecule has 0 aliphatic heterocycles. The van der Waals surface area contributed by atoms with Crippen molar-refractivity contribution in [3.05, 3.63) is 65.9 Å². The Morgan fingerprint density at radius 3 is 2.11 bits per heavy atom. The summed E-state index contributed by atoms with van der Waals surface area (Å²) in [7, 11) is 1.55. The molecular formula is C20H19F3N4O. The van der Waals surface area contributed by atoms with Crippen LogP contribution < -0.4 is 15.4 Å². The molecule has 2 N–H and O–H groups in total. The van der Waals surface area contributed by atoms with E-state index in [1.165, 1.54) is 0 Å². The zero-order chi connectivity index (χ0) is 20.1. The highest BCUT2D eigenvalue weighted by molar-refractivity contribution is 5.63. The predicted molar refractivity (Wildman–Crippen MR) is 102 cm³/mol. The normalized spacial score (nSPS) is 11.2. The van der Waals surface area contributed by atoms with Gasteiger partial charge in [-0.05, 0) is 48.4 Å². The lowest BCUT2D eigenvalue weighted by atomic mass is 10.1. The Labute approximate surface area is 160 Å². The molecule has 3 rings (SSSR count). The molecule has 0 saturated heterocycles. The van der Waals surface area contributed by atoms with Crippen molar-refractivity contribution in [2.45, 2.75) is 19.5 Å². The summed E-state index contributed by atoms with van der Waals surface area (Å²) in [5.74, 6) is 0.394. The second-order valence-corrected chi connectivity index (χ2v) is 5.98. The molecule has 8 heteroatoms. The fraction of sp³-hybridized carbons (Fsp3) is 0.200. The van der Waals surface area contributed by atoms with Crippen LogP contribution in [-0.2, 0) is 12.6 Å². The number of halogens is 3. The summed E-state index contributed by atoms with van der Waals surface area (Å²) in [5.41, 5.74) is 1.29. The summed E-state index contributed by atoms with van der Waals surface area (Å²) in [6.45, 7) is 2.01. The van der Waals surface area contributed by atoms with Crippen molar-refractivity contribution in [3.63, 3.8) is 0 Å². The van der Waals surface area contributed by atoms with Crippen LogP contribution in [0.25, 0.3) is 0 Å². The fourth-order valence-corrected chi connectivity index (χ4v) is 2.51. The molecule has 0 fully saturated rings. The number of rotatable bonds is 6. The van der Waals surface area contributed by atoms with Gasteiger partial charge in [-0.25, -0.2) is 4.98 Å². The Kier molecular flexibility index (Phi) is 5.67. The molecule has 5 nitrogen and oxygen atoms in total. The van der Waals surface area contributed by atoms with E-state index >= 15 is 0 Å². The van der Waals surface area contributed by atoms with Crippen molar-refractivity contribution in [2.24, 2.45) is 0 Å². The summed E-state index contributed by atoms with van der Waals surface area (Å²) in [6, 6.07) is 14.0.